The first-order valence-electron chi connectivity index (χ1n) is 8.81. The van der Waals surface area contributed by atoms with Crippen LogP contribution in [0.3, 0.4) is 0 Å². The minimum Gasteiger partial charge on any atom is -0.338 e. The summed E-state index contributed by atoms with van der Waals surface area (Å²) in [5.74, 6) is 1.73. The monoisotopic (exact) mass is 303 g/mol. The Morgan fingerprint density at radius 3 is 2.41 bits per heavy atom. The van der Waals surface area contributed by atoms with E-state index >= 15 is 0 Å². The zero-order valence-corrected chi connectivity index (χ0v) is 13.5. The molecule has 1 aliphatic carbocycles. The second kappa shape index (κ2) is 7.88. The number of aromatic nitrogens is 2. The Balaban J connectivity index is 1.39. The second-order valence-corrected chi connectivity index (χ2v) is 6.84. The van der Waals surface area contributed by atoms with Crippen LogP contribution in [0.4, 0.5) is 5.95 Å². The minimum absolute atomic E-state index is 0.336. The van der Waals surface area contributed by atoms with Gasteiger partial charge < -0.3 is 10.6 Å². The normalized spacial score (nSPS) is 22.7. The fourth-order valence-corrected chi connectivity index (χ4v) is 3.84. The third kappa shape index (κ3) is 4.40. The van der Waals surface area contributed by atoms with Crippen molar-refractivity contribution in [2.24, 2.45) is 11.7 Å². The summed E-state index contributed by atoms with van der Waals surface area (Å²) in [6.07, 6.45) is 11.9. The highest BCUT2D eigenvalue weighted by atomic mass is 15.3. The van der Waals surface area contributed by atoms with Crippen LogP contribution in [0.5, 0.6) is 0 Å². The number of hydrogen-bond acceptors (Lipinski definition) is 5. The van der Waals surface area contributed by atoms with Crippen LogP contribution in [0.25, 0.3) is 0 Å². The van der Waals surface area contributed by atoms with Gasteiger partial charge in [0.15, 0.2) is 0 Å². The van der Waals surface area contributed by atoms with Crippen molar-refractivity contribution >= 4 is 5.95 Å². The van der Waals surface area contributed by atoms with Gasteiger partial charge in [0.2, 0.25) is 5.95 Å². The molecule has 0 unspecified atom stereocenters. The number of hydrogen-bond donors (Lipinski definition) is 1. The molecule has 1 aromatic heterocycles. The van der Waals surface area contributed by atoms with E-state index in [4.69, 9.17) is 5.73 Å². The summed E-state index contributed by atoms with van der Waals surface area (Å²) in [4.78, 5) is 13.4. The van der Waals surface area contributed by atoms with Gasteiger partial charge in [0.25, 0.3) is 0 Å². The quantitative estimate of drug-likeness (QED) is 0.900. The van der Waals surface area contributed by atoms with Gasteiger partial charge in [0.05, 0.1) is 0 Å². The van der Waals surface area contributed by atoms with Crippen molar-refractivity contribution in [2.45, 2.75) is 44.6 Å². The summed E-state index contributed by atoms with van der Waals surface area (Å²) in [7, 11) is 0. The molecule has 2 heterocycles. The van der Waals surface area contributed by atoms with Crippen LogP contribution >= 0.6 is 0 Å². The van der Waals surface area contributed by atoms with Crippen LogP contribution in [-0.4, -0.2) is 53.6 Å². The standard InChI is InChI=1S/C17H29N5/c18-16(13-15-5-2-1-3-6-15)14-21-9-11-22(12-10-21)17-19-7-4-8-20-17/h4,7-8,15-16H,1-3,5-6,9-14,18H2/t16-/m1/s1. The van der Waals surface area contributed by atoms with Crippen LogP contribution in [-0.2, 0) is 0 Å². The molecular weight excluding hydrogens is 274 g/mol. The molecule has 5 heteroatoms. The Morgan fingerprint density at radius 1 is 1.05 bits per heavy atom. The molecule has 0 amide bonds. The number of rotatable bonds is 5. The molecule has 2 N–H and O–H groups in total. The molecular formula is C17H29N5. The maximum Gasteiger partial charge on any atom is 0.225 e. The lowest BCUT2D eigenvalue weighted by Crippen LogP contribution is -2.50. The first kappa shape index (κ1) is 15.7. The molecule has 0 radical (unpaired) electrons. The predicted molar refractivity (Wildman–Crippen MR) is 89.9 cm³/mol. The second-order valence-electron chi connectivity index (χ2n) is 6.84. The van der Waals surface area contributed by atoms with Crippen LogP contribution in [0.2, 0.25) is 0 Å². The van der Waals surface area contributed by atoms with Gasteiger partial charge in [-0.25, -0.2) is 9.97 Å². The first-order valence-corrected chi connectivity index (χ1v) is 8.81. The van der Waals surface area contributed by atoms with Gasteiger partial charge in [-0.1, -0.05) is 32.1 Å². The Kier molecular flexibility index (Phi) is 5.62. The maximum absolute atomic E-state index is 6.40. The summed E-state index contributed by atoms with van der Waals surface area (Å²) in [5, 5.41) is 0. The molecule has 5 nitrogen and oxygen atoms in total. The van der Waals surface area contributed by atoms with E-state index in [0.29, 0.717) is 6.04 Å². The van der Waals surface area contributed by atoms with Crippen LogP contribution in [0, 0.1) is 5.92 Å². The van der Waals surface area contributed by atoms with Crippen LogP contribution in [0.15, 0.2) is 18.5 Å². The summed E-state index contributed by atoms with van der Waals surface area (Å²) >= 11 is 0. The van der Waals surface area contributed by atoms with Gasteiger partial charge >= 0.3 is 0 Å². The minimum atomic E-state index is 0.336. The molecule has 1 saturated carbocycles. The van der Waals surface area contributed by atoms with E-state index in [2.05, 4.69) is 19.8 Å². The van der Waals surface area contributed by atoms with Crippen molar-refractivity contribution in [3.63, 3.8) is 0 Å². The topological polar surface area (TPSA) is 58.3 Å². The van der Waals surface area contributed by atoms with Crippen molar-refractivity contribution in [3.05, 3.63) is 18.5 Å². The highest BCUT2D eigenvalue weighted by Crippen LogP contribution is 2.27. The summed E-state index contributed by atoms with van der Waals surface area (Å²) < 4.78 is 0. The lowest BCUT2D eigenvalue weighted by Gasteiger charge is -2.36. The molecule has 0 spiro atoms. The summed E-state index contributed by atoms with van der Waals surface area (Å²) in [6.45, 7) is 5.17. The van der Waals surface area contributed by atoms with E-state index in [1.54, 1.807) is 0 Å². The van der Waals surface area contributed by atoms with Gasteiger partial charge in [0, 0.05) is 51.2 Å². The smallest absolute Gasteiger partial charge is 0.225 e. The van der Waals surface area contributed by atoms with E-state index in [1.807, 2.05) is 18.5 Å². The van der Waals surface area contributed by atoms with Crippen molar-refractivity contribution < 1.29 is 0 Å². The fraction of sp³-hybridized carbons (Fsp3) is 0.765. The Bertz CT molecular complexity index is 424. The highest BCUT2D eigenvalue weighted by molar-refractivity contribution is 5.29. The first-order chi connectivity index (χ1) is 10.8. The van der Waals surface area contributed by atoms with Crippen LogP contribution in [0.1, 0.15) is 38.5 Å². The van der Waals surface area contributed by atoms with E-state index in [-0.39, 0.29) is 0 Å². The number of nitrogens with two attached hydrogens (primary N) is 1. The molecule has 2 fully saturated rings. The van der Waals surface area contributed by atoms with Gasteiger partial charge in [-0.05, 0) is 18.4 Å². The van der Waals surface area contributed by atoms with Crippen molar-refractivity contribution in [1.29, 1.82) is 0 Å². The zero-order valence-electron chi connectivity index (χ0n) is 13.5. The van der Waals surface area contributed by atoms with Crippen molar-refractivity contribution in [1.82, 2.24) is 14.9 Å². The van der Waals surface area contributed by atoms with E-state index in [9.17, 15) is 0 Å². The fourth-order valence-electron chi connectivity index (χ4n) is 3.84. The summed E-state index contributed by atoms with van der Waals surface area (Å²) in [5.41, 5.74) is 6.40. The third-order valence-corrected chi connectivity index (χ3v) is 5.06. The van der Waals surface area contributed by atoms with Gasteiger partial charge in [-0.2, -0.15) is 0 Å². The Labute approximate surface area is 133 Å². The molecule has 1 aromatic rings. The lowest BCUT2D eigenvalue weighted by molar-refractivity contribution is 0.219. The molecule has 122 valence electrons. The average Bonchev–Trinajstić information content (AvgIpc) is 2.57. The average molecular weight is 303 g/mol. The molecule has 1 saturated heterocycles. The van der Waals surface area contributed by atoms with Crippen molar-refractivity contribution in [3.8, 4) is 0 Å². The van der Waals surface area contributed by atoms with E-state index in [1.165, 1.54) is 38.5 Å². The summed E-state index contributed by atoms with van der Waals surface area (Å²) in [6, 6.07) is 2.20. The third-order valence-electron chi connectivity index (χ3n) is 5.06. The number of piperazine rings is 1. The van der Waals surface area contributed by atoms with Crippen molar-refractivity contribution in [2.75, 3.05) is 37.6 Å². The SMILES string of the molecule is N[C@H](CC1CCCCC1)CN1CCN(c2ncccn2)CC1. The molecule has 1 atom stereocenters. The van der Waals surface area contributed by atoms with Gasteiger partial charge in [-0.15, -0.1) is 0 Å². The molecule has 0 aromatic carbocycles. The van der Waals surface area contributed by atoms with Crippen LogP contribution < -0.4 is 10.6 Å². The zero-order chi connectivity index (χ0) is 15.2. The van der Waals surface area contributed by atoms with Gasteiger partial charge in [-0.3, -0.25) is 4.90 Å². The molecule has 2 aliphatic rings. The van der Waals surface area contributed by atoms with E-state index in [0.717, 1.165) is 44.6 Å². The molecule has 0 bridgehead atoms. The largest absolute Gasteiger partial charge is 0.338 e. The Hall–Kier alpha value is -1.20. The lowest BCUT2D eigenvalue weighted by atomic mass is 9.85. The number of nitrogens with zero attached hydrogens (tertiary/aromatic N) is 4. The van der Waals surface area contributed by atoms with Gasteiger partial charge in [0.1, 0.15) is 0 Å². The number of anilines is 1. The van der Waals surface area contributed by atoms with E-state index < -0.39 is 0 Å². The predicted octanol–water partition coefficient (Wildman–Crippen LogP) is 1.90. The Morgan fingerprint density at radius 2 is 1.73 bits per heavy atom. The highest BCUT2D eigenvalue weighted by Gasteiger charge is 2.22. The molecule has 22 heavy (non-hydrogen) atoms. The molecule has 3 rings (SSSR count). The molecule has 1 aliphatic heterocycles. The maximum atomic E-state index is 6.40.